The molecule has 1 nitrogen and oxygen atoms in total. The molecule has 0 atom stereocenters. The van der Waals surface area contributed by atoms with Crippen LogP contribution in [0, 0.1) is 5.92 Å². The normalized spacial score (nSPS) is 12.2. The molecule has 0 bridgehead atoms. The Morgan fingerprint density at radius 1 is 1.08 bits per heavy atom. The Hall–Kier alpha value is -0.300. The van der Waals surface area contributed by atoms with Gasteiger partial charge in [0.1, 0.15) is 0 Å². The predicted octanol–water partition coefficient (Wildman–Crippen LogP) is 2.93. The van der Waals surface area contributed by atoms with Crippen LogP contribution >= 0.6 is 0 Å². The smallest absolute Gasteiger partial charge is 0.0162 e. The van der Waals surface area contributed by atoms with Gasteiger partial charge in [0, 0.05) is 6.54 Å². The summed E-state index contributed by atoms with van der Waals surface area (Å²) in [7, 11) is 0. The zero-order chi connectivity index (χ0) is 9.40. The average molecular weight is 169 g/mol. The molecular weight excluding hydrogens is 146 g/mol. The van der Waals surface area contributed by atoms with Crippen molar-refractivity contribution in [2.75, 3.05) is 19.6 Å². The number of nitrogens with zero attached hydrogens (tertiary/aromatic N) is 1. The first kappa shape index (κ1) is 11.7. The molecule has 0 rings (SSSR count). The van der Waals surface area contributed by atoms with Gasteiger partial charge in [-0.3, -0.25) is 0 Å². The molecular formula is C11H23N. The molecule has 0 aromatic carbocycles. The number of likely N-dealkylation sites (N-methyl/N-ethyl adjacent to an activating group) is 1. The minimum atomic E-state index is 0.790. The Bertz CT molecular complexity index is 112. The summed E-state index contributed by atoms with van der Waals surface area (Å²) in [6, 6.07) is 0. The van der Waals surface area contributed by atoms with Crippen LogP contribution in [0.3, 0.4) is 0 Å². The topological polar surface area (TPSA) is 3.24 Å². The molecule has 0 heterocycles. The minimum absolute atomic E-state index is 0.790. The molecule has 0 aliphatic heterocycles. The van der Waals surface area contributed by atoms with E-state index in [2.05, 4.69) is 44.7 Å². The Morgan fingerprint density at radius 3 is 2.08 bits per heavy atom. The molecule has 0 N–H and O–H groups in total. The summed E-state index contributed by atoms with van der Waals surface area (Å²) in [6.07, 6.45) is 5.79. The van der Waals surface area contributed by atoms with Gasteiger partial charge in [0.15, 0.2) is 0 Å². The lowest BCUT2D eigenvalue weighted by Gasteiger charge is -2.14. The Balaban J connectivity index is 3.44. The van der Waals surface area contributed by atoms with Gasteiger partial charge in [0.25, 0.3) is 0 Å². The number of allylic oxidation sites excluding steroid dienone is 1. The summed E-state index contributed by atoms with van der Waals surface area (Å²) in [6.45, 7) is 12.3. The van der Waals surface area contributed by atoms with Gasteiger partial charge < -0.3 is 4.90 Å². The molecule has 0 aliphatic rings. The summed E-state index contributed by atoms with van der Waals surface area (Å²) in [4.78, 5) is 2.41. The van der Waals surface area contributed by atoms with E-state index in [1.165, 1.54) is 6.42 Å². The first-order valence-electron chi connectivity index (χ1n) is 5.08. The highest BCUT2D eigenvalue weighted by Crippen LogP contribution is 1.99. The maximum absolute atomic E-state index is 2.41. The Kier molecular flexibility index (Phi) is 7.17. The van der Waals surface area contributed by atoms with Gasteiger partial charge in [-0.25, -0.2) is 0 Å². The molecule has 0 fully saturated rings. The fourth-order valence-electron chi connectivity index (χ4n) is 1.07. The molecule has 0 aromatic heterocycles. The second-order valence-corrected chi connectivity index (χ2v) is 3.59. The fraction of sp³-hybridized carbons (Fsp3) is 0.818. The molecule has 0 unspecified atom stereocenters. The third-order valence-electron chi connectivity index (χ3n) is 2.03. The van der Waals surface area contributed by atoms with Crippen molar-refractivity contribution in [3.8, 4) is 0 Å². The third-order valence-corrected chi connectivity index (χ3v) is 2.03. The highest BCUT2D eigenvalue weighted by atomic mass is 15.1. The SMILES string of the molecule is CCN(CC)C/C=C/CC(C)C. The standard InChI is InChI=1S/C11H23N/c1-5-12(6-2)10-8-7-9-11(3)4/h7-8,11H,5-6,9-10H2,1-4H3/b8-7+. The first-order valence-corrected chi connectivity index (χ1v) is 5.08. The van der Waals surface area contributed by atoms with Gasteiger partial charge in [0.05, 0.1) is 0 Å². The van der Waals surface area contributed by atoms with E-state index < -0.39 is 0 Å². The summed E-state index contributed by atoms with van der Waals surface area (Å²) >= 11 is 0. The van der Waals surface area contributed by atoms with Crippen molar-refractivity contribution >= 4 is 0 Å². The van der Waals surface area contributed by atoms with Crippen molar-refractivity contribution in [2.45, 2.75) is 34.1 Å². The van der Waals surface area contributed by atoms with Crippen LogP contribution in [-0.2, 0) is 0 Å². The van der Waals surface area contributed by atoms with Gasteiger partial charge in [-0.15, -0.1) is 0 Å². The zero-order valence-corrected chi connectivity index (χ0v) is 9.01. The van der Waals surface area contributed by atoms with Gasteiger partial charge in [-0.2, -0.15) is 0 Å². The Labute approximate surface area is 77.5 Å². The molecule has 0 radical (unpaired) electrons. The lowest BCUT2D eigenvalue weighted by Crippen LogP contribution is -2.22. The second-order valence-electron chi connectivity index (χ2n) is 3.59. The van der Waals surface area contributed by atoms with Gasteiger partial charge in [-0.1, -0.05) is 39.8 Å². The number of rotatable bonds is 6. The van der Waals surface area contributed by atoms with E-state index in [9.17, 15) is 0 Å². The summed E-state index contributed by atoms with van der Waals surface area (Å²) in [5, 5.41) is 0. The predicted molar refractivity (Wildman–Crippen MR) is 56.4 cm³/mol. The molecule has 0 aromatic rings. The van der Waals surface area contributed by atoms with E-state index in [4.69, 9.17) is 0 Å². The molecule has 72 valence electrons. The third kappa shape index (κ3) is 6.41. The van der Waals surface area contributed by atoms with E-state index in [1.54, 1.807) is 0 Å². The summed E-state index contributed by atoms with van der Waals surface area (Å²) < 4.78 is 0. The molecule has 1 heteroatoms. The lowest BCUT2D eigenvalue weighted by molar-refractivity contribution is 0.337. The van der Waals surface area contributed by atoms with Gasteiger partial charge in [0.2, 0.25) is 0 Å². The van der Waals surface area contributed by atoms with Crippen molar-refractivity contribution in [1.29, 1.82) is 0 Å². The number of hydrogen-bond donors (Lipinski definition) is 0. The van der Waals surface area contributed by atoms with E-state index >= 15 is 0 Å². The van der Waals surface area contributed by atoms with Crippen molar-refractivity contribution < 1.29 is 0 Å². The van der Waals surface area contributed by atoms with Crippen molar-refractivity contribution in [1.82, 2.24) is 4.90 Å². The van der Waals surface area contributed by atoms with Crippen molar-refractivity contribution in [3.63, 3.8) is 0 Å². The van der Waals surface area contributed by atoms with Gasteiger partial charge in [-0.05, 0) is 25.4 Å². The van der Waals surface area contributed by atoms with Crippen LogP contribution in [0.2, 0.25) is 0 Å². The summed E-state index contributed by atoms with van der Waals surface area (Å²) in [5.74, 6) is 0.790. The monoisotopic (exact) mass is 169 g/mol. The largest absolute Gasteiger partial charge is 0.300 e. The molecule has 12 heavy (non-hydrogen) atoms. The fourth-order valence-corrected chi connectivity index (χ4v) is 1.07. The van der Waals surface area contributed by atoms with Crippen LogP contribution < -0.4 is 0 Å². The van der Waals surface area contributed by atoms with Crippen LogP contribution in [-0.4, -0.2) is 24.5 Å². The zero-order valence-electron chi connectivity index (χ0n) is 9.01. The highest BCUT2D eigenvalue weighted by molar-refractivity contribution is 4.85. The molecule has 0 amide bonds. The van der Waals surface area contributed by atoms with Crippen LogP contribution in [0.5, 0.6) is 0 Å². The van der Waals surface area contributed by atoms with E-state index in [-0.39, 0.29) is 0 Å². The van der Waals surface area contributed by atoms with Crippen LogP contribution in [0.25, 0.3) is 0 Å². The van der Waals surface area contributed by atoms with Crippen LogP contribution in [0.4, 0.5) is 0 Å². The quantitative estimate of drug-likeness (QED) is 0.553. The maximum Gasteiger partial charge on any atom is 0.0162 e. The molecule has 0 spiro atoms. The van der Waals surface area contributed by atoms with Crippen molar-refractivity contribution in [3.05, 3.63) is 12.2 Å². The number of hydrogen-bond acceptors (Lipinski definition) is 1. The second kappa shape index (κ2) is 7.35. The van der Waals surface area contributed by atoms with E-state index in [0.29, 0.717) is 0 Å². The highest BCUT2D eigenvalue weighted by Gasteiger charge is 1.93. The molecule has 0 saturated heterocycles. The van der Waals surface area contributed by atoms with Crippen LogP contribution in [0.1, 0.15) is 34.1 Å². The maximum atomic E-state index is 2.41. The molecule has 0 saturated carbocycles. The lowest BCUT2D eigenvalue weighted by atomic mass is 10.1. The molecule has 0 aliphatic carbocycles. The average Bonchev–Trinajstić information content (AvgIpc) is 2.04. The first-order chi connectivity index (χ1) is 5.70. The van der Waals surface area contributed by atoms with E-state index in [1.807, 2.05) is 0 Å². The Morgan fingerprint density at radius 2 is 1.67 bits per heavy atom. The van der Waals surface area contributed by atoms with E-state index in [0.717, 1.165) is 25.6 Å². The van der Waals surface area contributed by atoms with Crippen molar-refractivity contribution in [2.24, 2.45) is 5.92 Å². The minimum Gasteiger partial charge on any atom is -0.300 e. The van der Waals surface area contributed by atoms with Crippen LogP contribution in [0.15, 0.2) is 12.2 Å². The summed E-state index contributed by atoms with van der Waals surface area (Å²) in [5.41, 5.74) is 0. The van der Waals surface area contributed by atoms with Gasteiger partial charge >= 0.3 is 0 Å².